The molecule has 1 aliphatic heterocycles. The highest BCUT2D eigenvalue weighted by molar-refractivity contribution is 6.07. The van der Waals surface area contributed by atoms with Crippen molar-refractivity contribution in [1.82, 2.24) is 4.90 Å². The number of nitrogens with zero attached hydrogens (tertiary/aromatic N) is 1. The summed E-state index contributed by atoms with van der Waals surface area (Å²) in [5, 5.41) is 2.13. The fourth-order valence-electron chi connectivity index (χ4n) is 6.92. The van der Waals surface area contributed by atoms with Gasteiger partial charge < -0.3 is 10.1 Å². The molecule has 1 N–H and O–H groups in total. The highest BCUT2D eigenvalue weighted by Crippen LogP contribution is 2.60. The second-order valence-electron chi connectivity index (χ2n) is 11.2. The summed E-state index contributed by atoms with van der Waals surface area (Å²) in [6, 6.07) is 20.7. The molecule has 0 radical (unpaired) electrons. The largest absolute Gasteiger partial charge is 0.456 e. The average Bonchev–Trinajstić information content (AvgIpc) is 3.25. The van der Waals surface area contributed by atoms with Crippen LogP contribution in [0.5, 0.6) is 0 Å². The van der Waals surface area contributed by atoms with E-state index in [4.69, 9.17) is 4.74 Å². The molecule has 1 saturated heterocycles. The van der Waals surface area contributed by atoms with Crippen molar-refractivity contribution in [3.05, 3.63) is 101 Å². The lowest BCUT2D eigenvalue weighted by Gasteiger charge is -2.45. The second-order valence-corrected chi connectivity index (χ2v) is 11.2. The van der Waals surface area contributed by atoms with Gasteiger partial charge in [-0.15, -0.1) is 0 Å². The van der Waals surface area contributed by atoms with Crippen LogP contribution in [-0.4, -0.2) is 41.7 Å². The summed E-state index contributed by atoms with van der Waals surface area (Å²) in [6.07, 6.45) is -3.19. The number of likely N-dealkylation sites (tertiary alicyclic amines) is 1. The number of ether oxygens (including phenoxy) is 1. The molecule has 43 heavy (non-hydrogen) atoms. The maximum atomic E-state index is 13.6. The highest BCUT2D eigenvalue weighted by atomic mass is 19.4. The third kappa shape index (κ3) is 5.19. The number of carbonyl (C=O) groups is 4. The number of esters is 1. The maximum absolute atomic E-state index is 13.6. The summed E-state index contributed by atoms with van der Waals surface area (Å²) < 4.78 is 44.2. The van der Waals surface area contributed by atoms with Gasteiger partial charge in [0.2, 0.25) is 11.8 Å². The number of hydrogen-bond donors (Lipinski definition) is 1. The molecule has 222 valence electrons. The minimum absolute atomic E-state index is 0.00563. The van der Waals surface area contributed by atoms with E-state index in [0.717, 1.165) is 34.4 Å². The number of unbranched alkanes of at least 4 members (excludes halogenated alkanes) is 2. The van der Waals surface area contributed by atoms with Crippen molar-refractivity contribution in [2.75, 3.05) is 18.5 Å². The molecule has 7 rings (SSSR count). The number of halogens is 3. The Hall–Kier alpha value is -4.47. The summed E-state index contributed by atoms with van der Waals surface area (Å²) in [5.41, 5.74) is 3.06. The van der Waals surface area contributed by atoms with E-state index in [0.29, 0.717) is 19.3 Å². The summed E-state index contributed by atoms with van der Waals surface area (Å²) in [4.78, 5) is 52.8. The van der Waals surface area contributed by atoms with Crippen LogP contribution < -0.4 is 5.32 Å². The third-order valence-corrected chi connectivity index (χ3v) is 8.67. The van der Waals surface area contributed by atoms with Gasteiger partial charge in [0.25, 0.3) is 5.91 Å². The molecule has 0 saturated carbocycles. The molecule has 3 aliphatic carbocycles. The minimum atomic E-state index is -4.64. The van der Waals surface area contributed by atoms with Crippen LogP contribution in [0.15, 0.2) is 72.8 Å². The fourth-order valence-corrected chi connectivity index (χ4v) is 6.92. The lowest BCUT2D eigenvalue weighted by Crippen LogP contribution is -2.41. The Morgan fingerprint density at radius 1 is 0.744 bits per heavy atom. The van der Waals surface area contributed by atoms with E-state index in [1.807, 2.05) is 24.3 Å². The molecule has 0 aromatic heterocycles. The number of imide groups is 1. The van der Waals surface area contributed by atoms with Gasteiger partial charge in [-0.2, -0.15) is 13.2 Å². The standard InChI is InChI=1S/C33H29F3N2O5/c34-33(35,36)23-14-7-8-15-24(23)37-25(39)18-43-26(40)16-2-1-9-17-38-31(41)29-27-19-10-3-4-11-20(19)28(30(29)32(38)42)22-13-6-5-12-21(22)27/h3-8,10-15,27-30H,1-2,9,16-18H2,(H,37,39)/t27?,28?,29-,30+. The predicted octanol–water partition coefficient (Wildman–Crippen LogP) is 5.64. The first-order chi connectivity index (χ1) is 20.7. The monoisotopic (exact) mass is 590 g/mol. The maximum Gasteiger partial charge on any atom is 0.418 e. The number of rotatable bonds is 9. The number of hydrogen-bond acceptors (Lipinski definition) is 5. The summed E-state index contributed by atoms with van der Waals surface area (Å²) in [6.45, 7) is -0.454. The van der Waals surface area contributed by atoms with Gasteiger partial charge in [-0.05, 0) is 47.2 Å². The van der Waals surface area contributed by atoms with Crippen LogP contribution in [0, 0.1) is 11.8 Å². The zero-order valence-corrected chi connectivity index (χ0v) is 23.1. The summed E-state index contributed by atoms with van der Waals surface area (Å²) >= 11 is 0. The van der Waals surface area contributed by atoms with Crippen LogP contribution >= 0.6 is 0 Å². The average molecular weight is 591 g/mol. The number of carbonyl (C=O) groups excluding carboxylic acids is 4. The van der Waals surface area contributed by atoms with E-state index in [-0.39, 0.29) is 36.6 Å². The zero-order chi connectivity index (χ0) is 30.3. The highest BCUT2D eigenvalue weighted by Gasteiger charge is 2.61. The van der Waals surface area contributed by atoms with Gasteiger partial charge in [0.15, 0.2) is 6.61 Å². The smallest absolute Gasteiger partial charge is 0.418 e. The van der Waals surface area contributed by atoms with Gasteiger partial charge >= 0.3 is 12.1 Å². The number of amides is 3. The Balaban J connectivity index is 0.989. The number of alkyl halides is 3. The topological polar surface area (TPSA) is 92.8 Å². The zero-order valence-electron chi connectivity index (χ0n) is 23.1. The molecule has 2 atom stereocenters. The molecule has 1 heterocycles. The molecule has 2 bridgehead atoms. The molecular weight excluding hydrogens is 561 g/mol. The van der Waals surface area contributed by atoms with Gasteiger partial charge in [-0.25, -0.2) is 0 Å². The fraction of sp³-hybridized carbons (Fsp3) is 0.333. The van der Waals surface area contributed by atoms with Crippen molar-refractivity contribution in [1.29, 1.82) is 0 Å². The van der Waals surface area contributed by atoms with E-state index < -0.39 is 47.7 Å². The van der Waals surface area contributed by atoms with Crippen molar-refractivity contribution < 1.29 is 37.1 Å². The molecule has 7 nitrogen and oxygen atoms in total. The van der Waals surface area contributed by atoms with Crippen molar-refractivity contribution >= 4 is 29.4 Å². The Kier molecular flexibility index (Phi) is 7.54. The first-order valence-electron chi connectivity index (χ1n) is 14.3. The molecule has 3 aromatic carbocycles. The van der Waals surface area contributed by atoms with E-state index >= 15 is 0 Å². The number of benzene rings is 3. The van der Waals surface area contributed by atoms with Crippen molar-refractivity contribution in [2.24, 2.45) is 11.8 Å². The number of nitrogens with one attached hydrogen (secondary N) is 1. The van der Waals surface area contributed by atoms with Gasteiger partial charge in [-0.3, -0.25) is 24.1 Å². The van der Waals surface area contributed by atoms with Crippen LogP contribution in [0.25, 0.3) is 0 Å². The van der Waals surface area contributed by atoms with Crippen LogP contribution in [0.4, 0.5) is 18.9 Å². The molecule has 1 fully saturated rings. The molecule has 10 heteroatoms. The van der Waals surface area contributed by atoms with Crippen molar-refractivity contribution in [2.45, 2.75) is 43.7 Å². The number of para-hydroxylation sites is 1. The van der Waals surface area contributed by atoms with Gasteiger partial charge in [0.1, 0.15) is 0 Å². The Morgan fingerprint density at radius 3 is 1.79 bits per heavy atom. The van der Waals surface area contributed by atoms with Crippen molar-refractivity contribution in [3.8, 4) is 0 Å². The second kappa shape index (κ2) is 11.3. The van der Waals surface area contributed by atoms with Crippen molar-refractivity contribution in [3.63, 3.8) is 0 Å². The normalized spacial score (nSPS) is 21.7. The van der Waals surface area contributed by atoms with Gasteiger partial charge in [-0.1, -0.05) is 67.1 Å². The van der Waals surface area contributed by atoms with Gasteiger partial charge in [0.05, 0.1) is 23.1 Å². The first kappa shape index (κ1) is 28.6. The Morgan fingerprint density at radius 2 is 1.26 bits per heavy atom. The number of anilines is 1. The minimum Gasteiger partial charge on any atom is -0.456 e. The molecule has 3 aromatic rings. The summed E-state index contributed by atoms with van der Waals surface area (Å²) in [5.74, 6) is -2.99. The van der Waals surface area contributed by atoms with E-state index in [1.165, 1.54) is 17.0 Å². The van der Waals surface area contributed by atoms with Crippen LogP contribution in [-0.2, 0) is 30.1 Å². The third-order valence-electron chi connectivity index (χ3n) is 8.67. The van der Waals surface area contributed by atoms with E-state index in [2.05, 4.69) is 29.6 Å². The lowest BCUT2D eigenvalue weighted by molar-refractivity contribution is -0.147. The SMILES string of the molecule is O=C(COC(=O)CCCCCN1C(=O)[C@@H]2C3c4ccccc4C(c4ccccc43)[C@@H]2C1=O)Nc1ccccc1C(F)(F)F. The van der Waals surface area contributed by atoms with Gasteiger partial charge in [0, 0.05) is 24.8 Å². The quantitative estimate of drug-likeness (QED) is 0.198. The molecule has 0 unspecified atom stereocenters. The van der Waals surface area contributed by atoms with E-state index in [9.17, 15) is 32.3 Å². The summed E-state index contributed by atoms with van der Waals surface area (Å²) in [7, 11) is 0. The molecule has 3 amide bonds. The Labute approximate surface area is 246 Å². The first-order valence-corrected chi connectivity index (χ1v) is 14.3. The Bertz CT molecular complexity index is 1490. The lowest BCUT2D eigenvalue weighted by atomic mass is 9.55. The van der Waals surface area contributed by atoms with E-state index in [1.54, 1.807) is 0 Å². The molecule has 4 aliphatic rings. The molecule has 0 spiro atoms. The molecular formula is C33H29F3N2O5. The van der Waals surface area contributed by atoms with Crippen LogP contribution in [0.1, 0.15) is 65.3 Å². The predicted molar refractivity (Wildman–Crippen MR) is 150 cm³/mol. The van der Waals surface area contributed by atoms with Crippen LogP contribution in [0.2, 0.25) is 0 Å². The van der Waals surface area contributed by atoms with Crippen LogP contribution in [0.3, 0.4) is 0 Å².